The zero-order valence-corrected chi connectivity index (χ0v) is 23.7. The molecular weight excluding hydrogens is 520 g/mol. The number of ether oxygens (including phenoxy) is 2. The molecule has 0 aliphatic carbocycles. The number of aromatic nitrogens is 1. The first-order valence-electron chi connectivity index (χ1n) is 12.8. The number of furan rings is 1. The van der Waals surface area contributed by atoms with Crippen molar-refractivity contribution in [2.75, 3.05) is 81.9 Å². The highest BCUT2D eigenvalue weighted by atomic mass is 32.2. The molecule has 1 aliphatic heterocycles. The second-order valence-corrected chi connectivity index (χ2v) is 10.5. The van der Waals surface area contributed by atoms with E-state index in [1.54, 1.807) is 32.0 Å². The normalized spacial score (nSPS) is 13.6. The Morgan fingerprint density at radius 3 is 2.33 bits per heavy atom. The quantitative estimate of drug-likeness (QED) is 0.185. The van der Waals surface area contributed by atoms with Gasteiger partial charge >= 0.3 is 5.69 Å². The number of thioether (sulfide) groups is 1. The Labute approximate surface area is 233 Å². The number of nitro groups is 1. The van der Waals surface area contributed by atoms with Crippen molar-refractivity contribution in [1.82, 2.24) is 9.88 Å². The molecule has 0 amide bonds. The molecule has 0 saturated carbocycles. The van der Waals surface area contributed by atoms with Crippen LogP contribution in [0.25, 0.3) is 0 Å². The summed E-state index contributed by atoms with van der Waals surface area (Å²) in [5.41, 5.74) is 1.01. The van der Waals surface area contributed by atoms with E-state index in [9.17, 15) is 10.1 Å². The largest absolute Gasteiger partial charge is 0.497 e. The molecule has 1 saturated heterocycles. The summed E-state index contributed by atoms with van der Waals surface area (Å²) in [5.74, 6) is 5.88. The van der Waals surface area contributed by atoms with Crippen LogP contribution in [0.2, 0.25) is 0 Å². The smallest absolute Gasteiger partial charge is 0.311 e. The van der Waals surface area contributed by atoms with E-state index in [2.05, 4.69) is 25.0 Å². The molecule has 39 heavy (non-hydrogen) atoms. The lowest BCUT2D eigenvalue weighted by atomic mass is 10.2. The van der Waals surface area contributed by atoms with Crippen LogP contribution in [-0.2, 0) is 12.3 Å². The van der Waals surface area contributed by atoms with E-state index in [0.717, 1.165) is 78.8 Å². The number of nitrogens with zero attached hydrogens (tertiary/aromatic N) is 5. The molecule has 210 valence electrons. The Balaban J connectivity index is 1.32. The summed E-state index contributed by atoms with van der Waals surface area (Å²) in [6.45, 7) is 4.34. The van der Waals surface area contributed by atoms with Crippen molar-refractivity contribution in [3.05, 3.63) is 64.1 Å². The highest BCUT2D eigenvalue weighted by Gasteiger charge is 2.22. The van der Waals surface area contributed by atoms with Gasteiger partial charge in [-0.25, -0.2) is 4.98 Å². The fourth-order valence-corrected chi connectivity index (χ4v) is 5.12. The summed E-state index contributed by atoms with van der Waals surface area (Å²) in [4.78, 5) is 22.4. The molecule has 4 rings (SSSR count). The third-order valence-corrected chi connectivity index (χ3v) is 7.31. The van der Waals surface area contributed by atoms with Crippen LogP contribution in [0.5, 0.6) is 11.5 Å². The topological polar surface area (TPSA) is 109 Å². The van der Waals surface area contributed by atoms with E-state index in [-0.39, 0.29) is 5.69 Å². The minimum Gasteiger partial charge on any atom is -0.497 e. The highest BCUT2D eigenvalue weighted by Crippen LogP contribution is 2.31. The molecular formula is C27H36N6O5S. The number of hydrogen-bond donors (Lipinski definition) is 1. The van der Waals surface area contributed by atoms with Crippen LogP contribution in [0.15, 0.2) is 46.9 Å². The van der Waals surface area contributed by atoms with Crippen LogP contribution in [0, 0.1) is 10.1 Å². The SMILES string of the molecule is COc1cc(OC)cc(N2CCN(c3ccc([N+](=O)[O-])c(NCCSCc4ccc(CN(C)C)o4)n3)CC2)c1. The van der Waals surface area contributed by atoms with E-state index >= 15 is 0 Å². The fourth-order valence-electron chi connectivity index (χ4n) is 4.37. The van der Waals surface area contributed by atoms with Crippen LogP contribution in [0.3, 0.4) is 0 Å². The average Bonchev–Trinajstić information content (AvgIpc) is 3.38. The summed E-state index contributed by atoms with van der Waals surface area (Å²) in [5, 5.41) is 14.8. The molecule has 2 aromatic heterocycles. The van der Waals surface area contributed by atoms with Crippen LogP contribution < -0.4 is 24.6 Å². The van der Waals surface area contributed by atoms with Gasteiger partial charge in [0.15, 0.2) is 0 Å². The molecule has 0 spiro atoms. The van der Waals surface area contributed by atoms with Crippen LogP contribution >= 0.6 is 11.8 Å². The molecule has 3 heterocycles. The van der Waals surface area contributed by atoms with Gasteiger partial charge < -0.3 is 33.9 Å². The number of methoxy groups -OCH3 is 2. The third-order valence-electron chi connectivity index (χ3n) is 6.33. The summed E-state index contributed by atoms with van der Waals surface area (Å²) in [6, 6.07) is 13.1. The van der Waals surface area contributed by atoms with Gasteiger partial charge in [0.2, 0.25) is 5.82 Å². The number of rotatable bonds is 13. The lowest BCUT2D eigenvalue weighted by Gasteiger charge is -2.37. The summed E-state index contributed by atoms with van der Waals surface area (Å²) >= 11 is 1.71. The Morgan fingerprint density at radius 1 is 1.03 bits per heavy atom. The van der Waals surface area contributed by atoms with Crippen molar-refractivity contribution in [3.63, 3.8) is 0 Å². The number of piperazine rings is 1. The minimum absolute atomic E-state index is 0.0229. The van der Waals surface area contributed by atoms with Gasteiger partial charge in [-0.05, 0) is 32.3 Å². The maximum absolute atomic E-state index is 11.6. The predicted molar refractivity (Wildman–Crippen MR) is 156 cm³/mol. The lowest BCUT2D eigenvalue weighted by molar-refractivity contribution is -0.384. The number of hydrogen-bond acceptors (Lipinski definition) is 11. The van der Waals surface area contributed by atoms with Crippen LogP contribution in [-0.4, -0.2) is 81.6 Å². The number of anilines is 3. The zero-order chi connectivity index (χ0) is 27.8. The van der Waals surface area contributed by atoms with E-state index in [4.69, 9.17) is 13.9 Å². The molecule has 0 atom stereocenters. The number of pyridine rings is 1. The Morgan fingerprint density at radius 2 is 1.69 bits per heavy atom. The van der Waals surface area contributed by atoms with Crippen molar-refractivity contribution in [2.24, 2.45) is 0 Å². The first kappa shape index (κ1) is 28.4. The Kier molecular flexibility index (Phi) is 9.77. The van der Waals surface area contributed by atoms with Gasteiger partial charge in [-0.2, -0.15) is 11.8 Å². The molecule has 0 radical (unpaired) electrons. The molecule has 1 aliphatic rings. The molecule has 11 nitrogen and oxygen atoms in total. The summed E-state index contributed by atoms with van der Waals surface area (Å²) < 4.78 is 16.7. The van der Waals surface area contributed by atoms with E-state index in [1.165, 1.54) is 6.07 Å². The standard InChI is InChI=1S/C27H36N6O5S/c1-30(2)18-21-5-6-22(38-21)19-39-14-9-28-27-25(33(34)35)7-8-26(29-27)32-12-10-31(11-13-32)20-15-23(36-3)17-24(16-20)37-4/h5-8,15-17H,9-14,18-19H2,1-4H3,(H,28,29). The number of benzene rings is 1. The monoisotopic (exact) mass is 556 g/mol. The van der Waals surface area contributed by atoms with Gasteiger partial charge in [0.1, 0.15) is 28.8 Å². The minimum atomic E-state index is -0.393. The maximum Gasteiger partial charge on any atom is 0.311 e. The molecule has 0 unspecified atom stereocenters. The molecule has 0 bridgehead atoms. The van der Waals surface area contributed by atoms with Gasteiger partial charge in [0, 0.05) is 68.4 Å². The second kappa shape index (κ2) is 13.4. The maximum atomic E-state index is 11.6. The molecule has 1 fully saturated rings. The van der Waals surface area contributed by atoms with E-state index in [0.29, 0.717) is 12.4 Å². The Bertz CT molecular complexity index is 1220. The molecule has 1 N–H and O–H groups in total. The third kappa shape index (κ3) is 7.70. The van der Waals surface area contributed by atoms with Crippen molar-refractivity contribution in [3.8, 4) is 11.5 Å². The van der Waals surface area contributed by atoms with Crippen molar-refractivity contribution in [2.45, 2.75) is 12.3 Å². The molecule has 1 aromatic carbocycles. The van der Waals surface area contributed by atoms with Crippen LogP contribution in [0.4, 0.5) is 23.0 Å². The Hall–Kier alpha value is -3.64. The van der Waals surface area contributed by atoms with Gasteiger partial charge in [-0.3, -0.25) is 10.1 Å². The zero-order valence-electron chi connectivity index (χ0n) is 22.9. The van der Waals surface area contributed by atoms with E-state index < -0.39 is 4.92 Å². The first-order chi connectivity index (χ1) is 18.9. The number of nitrogens with one attached hydrogen (secondary N) is 1. The summed E-state index contributed by atoms with van der Waals surface area (Å²) in [7, 11) is 7.29. The van der Waals surface area contributed by atoms with Gasteiger partial charge in [-0.15, -0.1) is 0 Å². The van der Waals surface area contributed by atoms with Gasteiger partial charge in [0.05, 0.1) is 31.4 Å². The first-order valence-corrected chi connectivity index (χ1v) is 13.9. The van der Waals surface area contributed by atoms with Crippen LogP contribution in [0.1, 0.15) is 11.5 Å². The highest BCUT2D eigenvalue weighted by molar-refractivity contribution is 7.98. The van der Waals surface area contributed by atoms with Crippen molar-refractivity contribution < 1.29 is 18.8 Å². The predicted octanol–water partition coefficient (Wildman–Crippen LogP) is 4.33. The molecule has 12 heteroatoms. The second-order valence-electron chi connectivity index (χ2n) is 9.42. The van der Waals surface area contributed by atoms with Crippen molar-refractivity contribution in [1.29, 1.82) is 0 Å². The van der Waals surface area contributed by atoms with E-state index in [1.807, 2.05) is 44.4 Å². The van der Waals surface area contributed by atoms with Crippen molar-refractivity contribution >= 4 is 34.8 Å². The average molecular weight is 557 g/mol. The fraction of sp³-hybridized carbons (Fsp3) is 0.444. The molecule has 3 aromatic rings. The summed E-state index contributed by atoms with van der Waals surface area (Å²) in [6.07, 6.45) is 0. The van der Waals surface area contributed by atoms with Gasteiger partial charge in [-0.1, -0.05) is 0 Å². The van der Waals surface area contributed by atoms with Gasteiger partial charge in [0.25, 0.3) is 0 Å². The lowest BCUT2D eigenvalue weighted by Crippen LogP contribution is -2.46.